The lowest BCUT2D eigenvalue weighted by Gasteiger charge is -2.08. The number of rotatable bonds is 7. The van der Waals surface area contributed by atoms with Crippen molar-refractivity contribution in [1.82, 2.24) is 5.43 Å². The van der Waals surface area contributed by atoms with Gasteiger partial charge in [-0.1, -0.05) is 13.0 Å². The molecule has 0 heterocycles. The van der Waals surface area contributed by atoms with Crippen molar-refractivity contribution in [3.05, 3.63) is 48.5 Å². The molecule has 0 radical (unpaired) electrons. The third kappa shape index (κ3) is 4.31. The summed E-state index contributed by atoms with van der Waals surface area (Å²) in [7, 11) is 0.401. The molecule has 0 amide bonds. The second-order valence-electron chi connectivity index (χ2n) is 4.52. The standard InChI is InChI=1S/C16H20N2O2S/c1-3-11-17-18-13-7-9-15(10-8-13)21(19)16-6-4-5-14(12-16)20-2/h4-10,12,17-18H,3,11H2,1-2H3. The van der Waals surface area contributed by atoms with Crippen LogP contribution in [0.1, 0.15) is 13.3 Å². The molecule has 0 aliphatic carbocycles. The first-order chi connectivity index (χ1) is 10.2. The van der Waals surface area contributed by atoms with Gasteiger partial charge in [-0.05, 0) is 48.9 Å². The first-order valence-corrected chi connectivity index (χ1v) is 8.04. The van der Waals surface area contributed by atoms with Crippen molar-refractivity contribution in [2.75, 3.05) is 19.1 Å². The highest BCUT2D eigenvalue weighted by molar-refractivity contribution is 7.85. The molecule has 0 bridgehead atoms. The minimum absolute atomic E-state index is 0.711. The van der Waals surface area contributed by atoms with Gasteiger partial charge >= 0.3 is 0 Å². The summed E-state index contributed by atoms with van der Waals surface area (Å²) in [4.78, 5) is 1.50. The third-order valence-corrected chi connectivity index (χ3v) is 4.31. The van der Waals surface area contributed by atoms with Gasteiger partial charge < -0.3 is 10.2 Å². The smallest absolute Gasteiger partial charge is 0.120 e. The molecular formula is C16H20N2O2S. The van der Waals surface area contributed by atoms with Crippen LogP contribution < -0.4 is 15.6 Å². The summed E-state index contributed by atoms with van der Waals surface area (Å²) < 4.78 is 17.7. The quantitative estimate of drug-likeness (QED) is 0.609. The summed E-state index contributed by atoms with van der Waals surface area (Å²) in [6.45, 7) is 3.01. The molecule has 1 unspecified atom stereocenters. The van der Waals surface area contributed by atoms with Gasteiger partial charge in [0.05, 0.1) is 17.9 Å². The second-order valence-corrected chi connectivity index (χ2v) is 6.00. The fourth-order valence-corrected chi connectivity index (χ4v) is 2.88. The van der Waals surface area contributed by atoms with E-state index in [0.717, 1.165) is 28.4 Å². The summed E-state index contributed by atoms with van der Waals surface area (Å²) in [5.74, 6) is 0.711. The lowest BCUT2D eigenvalue weighted by molar-refractivity contribution is 0.413. The van der Waals surface area contributed by atoms with Crippen molar-refractivity contribution in [2.24, 2.45) is 0 Å². The fraction of sp³-hybridized carbons (Fsp3) is 0.250. The monoisotopic (exact) mass is 304 g/mol. The number of anilines is 1. The van der Waals surface area contributed by atoms with Gasteiger partial charge in [0.1, 0.15) is 5.75 Å². The van der Waals surface area contributed by atoms with Crippen LogP contribution in [0.3, 0.4) is 0 Å². The Morgan fingerprint density at radius 1 is 1.10 bits per heavy atom. The molecule has 2 aromatic rings. The van der Waals surface area contributed by atoms with Crippen LogP contribution in [0.25, 0.3) is 0 Å². The van der Waals surface area contributed by atoms with Crippen molar-refractivity contribution in [3.63, 3.8) is 0 Å². The van der Waals surface area contributed by atoms with E-state index in [1.54, 1.807) is 13.2 Å². The van der Waals surface area contributed by atoms with E-state index >= 15 is 0 Å². The highest BCUT2D eigenvalue weighted by Gasteiger charge is 2.08. The molecule has 21 heavy (non-hydrogen) atoms. The molecule has 112 valence electrons. The molecule has 2 N–H and O–H groups in total. The summed E-state index contributed by atoms with van der Waals surface area (Å²) in [6.07, 6.45) is 1.06. The van der Waals surface area contributed by atoms with E-state index in [0.29, 0.717) is 5.75 Å². The van der Waals surface area contributed by atoms with Crippen LogP contribution in [0.5, 0.6) is 5.75 Å². The molecular weight excluding hydrogens is 284 g/mol. The number of hydrazine groups is 1. The minimum Gasteiger partial charge on any atom is -0.497 e. The first-order valence-electron chi connectivity index (χ1n) is 6.89. The predicted molar refractivity (Wildman–Crippen MR) is 86.0 cm³/mol. The Morgan fingerprint density at radius 2 is 1.86 bits per heavy atom. The van der Waals surface area contributed by atoms with E-state index < -0.39 is 10.8 Å². The van der Waals surface area contributed by atoms with Crippen LogP contribution in [-0.2, 0) is 10.8 Å². The van der Waals surface area contributed by atoms with E-state index in [1.165, 1.54) is 0 Å². The van der Waals surface area contributed by atoms with Crippen molar-refractivity contribution in [3.8, 4) is 5.75 Å². The lowest BCUT2D eigenvalue weighted by Crippen LogP contribution is -2.21. The Kier molecular flexibility index (Phi) is 5.78. The predicted octanol–water partition coefficient (Wildman–Crippen LogP) is 3.19. The molecule has 0 aliphatic rings. The highest BCUT2D eigenvalue weighted by atomic mass is 32.2. The molecule has 0 aromatic heterocycles. The van der Waals surface area contributed by atoms with Gasteiger partial charge in [0.15, 0.2) is 0 Å². The van der Waals surface area contributed by atoms with Crippen molar-refractivity contribution in [2.45, 2.75) is 23.1 Å². The van der Waals surface area contributed by atoms with Gasteiger partial charge in [0, 0.05) is 22.0 Å². The van der Waals surface area contributed by atoms with E-state index in [4.69, 9.17) is 4.74 Å². The topological polar surface area (TPSA) is 50.4 Å². The zero-order valence-electron chi connectivity index (χ0n) is 12.3. The van der Waals surface area contributed by atoms with E-state index in [-0.39, 0.29) is 0 Å². The first kappa shape index (κ1) is 15.5. The molecule has 0 saturated carbocycles. The number of ether oxygens (including phenoxy) is 1. The number of benzene rings is 2. The largest absolute Gasteiger partial charge is 0.497 e. The van der Waals surface area contributed by atoms with Crippen LogP contribution in [0.2, 0.25) is 0 Å². The summed E-state index contributed by atoms with van der Waals surface area (Å²) in [6, 6.07) is 14.9. The molecule has 1 atom stereocenters. The van der Waals surface area contributed by atoms with Crippen molar-refractivity contribution >= 4 is 16.5 Å². The Balaban J connectivity index is 2.08. The van der Waals surface area contributed by atoms with Gasteiger partial charge in [-0.25, -0.2) is 9.63 Å². The zero-order chi connectivity index (χ0) is 15.1. The van der Waals surface area contributed by atoms with Gasteiger partial charge in [0.2, 0.25) is 0 Å². The number of hydrogen-bond donors (Lipinski definition) is 2. The average molecular weight is 304 g/mol. The Morgan fingerprint density at radius 3 is 2.52 bits per heavy atom. The molecule has 0 spiro atoms. The van der Waals surface area contributed by atoms with Gasteiger partial charge in [-0.15, -0.1) is 0 Å². The number of nitrogens with one attached hydrogen (secondary N) is 2. The summed E-state index contributed by atoms with van der Waals surface area (Å²) in [5, 5.41) is 0. The maximum Gasteiger partial charge on any atom is 0.120 e. The van der Waals surface area contributed by atoms with E-state index in [1.807, 2.05) is 42.5 Å². The van der Waals surface area contributed by atoms with Crippen molar-refractivity contribution in [1.29, 1.82) is 0 Å². The van der Waals surface area contributed by atoms with Gasteiger partial charge in [-0.3, -0.25) is 0 Å². The average Bonchev–Trinajstić information content (AvgIpc) is 2.55. The maximum absolute atomic E-state index is 12.5. The van der Waals surface area contributed by atoms with Crippen LogP contribution in [0.4, 0.5) is 5.69 Å². The summed E-state index contributed by atoms with van der Waals surface area (Å²) >= 11 is 0. The molecule has 2 aromatic carbocycles. The highest BCUT2D eigenvalue weighted by Crippen LogP contribution is 2.21. The maximum atomic E-state index is 12.5. The summed E-state index contributed by atoms with van der Waals surface area (Å²) in [5.41, 5.74) is 7.16. The van der Waals surface area contributed by atoms with Crippen LogP contribution >= 0.6 is 0 Å². The number of hydrogen-bond acceptors (Lipinski definition) is 4. The molecule has 0 fully saturated rings. The molecule has 2 rings (SSSR count). The van der Waals surface area contributed by atoms with Crippen LogP contribution in [0.15, 0.2) is 58.3 Å². The molecule has 5 heteroatoms. The fourth-order valence-electron chi connectivity index (χ4n) is 1.80. The molecule has 0 saturated heterocycles. The zero-order valence-corrected chi connectivity index (χ0v) is 13.1. The Bertz CT molecular complexity index is 599. The minimum atomic E-state index is -1.20. The Hall–Kier alpha value is -1.85. The molecule has 4 nitrogen and oxygen atoms in total. The lowest BCUT2D eigenvalue weighted by atomic mass is 10.3. The van der Waals surface area contributed by atoms with Crippen molar-refractivity contribution < 1.29 is 8.95 Å². The molecule has 0 aliphatic heterocycles. The van der Waals surface area contributed by atoms with Gasteiger partial charge in [0.25, 0.3) is 0 Å². The van der Waals surface area contributed by atoms with E-state index in [9.17, 15) is 4.21 Å². The normalized spacial score (nSPS) is 11.9. The van der Waals surface area contributed by atoms with E-state index in [2.05, 4.69) is 17.8 Å². The van der Waals surface area contributed by atoms with Gasteiger partial charge in [-0.2, -0.15) is 0 Å². The third-order valence-electron chi connectivity index (χ3n) is 2.93. The van der Waals surface area contributed by atoms with Crippen LogP contribution in [-0.4, -0.2) is 17.9 Å². The number of methoxy groups -OCH3 is 1. The van der Waals surface area contributed by atoms with Crippen LogP contribution in [0, 0.1) is 0 Å². The Labute approximate surface area is 128 Å². The second kappa shape index (κ2) is 7.81. The SMILES string of the molecule is CCCNNc1ccc(S(=O)c2cccc(OC)c2)cc1.